The van der Waals surface area contributed by atoms with E-state index in [1.165, 1.54) is 99.0 Å². The Balaban J connectivity index is 1.73. The number of aryl methyl sites for hydroxylation is 6. The fourth-order valence-corrected chi connectivity index (χ4v) is 15.8. The van der Waals surface area contributed by atoms with Crippen molar-refractivity contribution in [2.75, 3.05) is 0 Å². The highest BCUT2D eigenvalue weighted by molar-refractivity contribution is 7.17. The number of allylic oxidation sites excluding steroid dienone is 4. The second-order valence-corrected chi connectivity index (χ2v) is 19.0. The largest absolute Gasteiger partial charge is 0.177 e. The molecule has 52 heavy (non-hydrogen) atoms. The summed E-state index contributed by atoms with van der Waals surface area (Å²) >= 11 is 0. The molecular formula is C51H52Si. The standard InChI is InChI=1S/C51H52Si/c1-32-26-35(4)48(29-45(32)42-20-14-11-15-21-42)52(51-40(9)38(7)39(8)41(51)10,49-30-46(33(2)27-36(49)5)43-22-16-12-17-23-43)50-31-47(34(3)28-37(50)6)44-24-18-13-19-25-44/h11-31,40H,1-10H3. The molecule has 0 amide bonds. The molecule has 0 bridgehead atoms. The van der Waals surface area contributed by atoms with Gasteiger partial charge in [-0.25, -0.2) is 0 Å². The second kappa shape index (κ2) is 13.9. The smallest absolute Gasteiger partial charge is 0.0636 e. The molecule has 0 N–H and O–H groups in total. The van der Waals surface area contributed by atoms with E-state index >= 15 is 0 Å². The first-order chi connectivity index (χ1) is 24.9. The van der Waals surface area contributed by atoms with Crippen LogP contribution in [0.3, 0.4) is 0 Å². The topological polar surface area (TPSA) is 0 Å². The van der Waals surface area contributed by atoms with Crippen molar-refractivity contribution in [1.29, 1.82) is 0 Å². The summed E-state index contributed by atoms with van der Waals surface area (Å²) in [4.78, 5) is 0. The van der Waals surface area contributed by atoms with Gasteiger partial charge in [0.15, 0.2) is 8.07 Å². The predicted octanol–water partition coefficient (Wildman–Crippen LogP) is 11.9. The third kappa shape index (κ3) is 5.76. The Morgan fingerprint density at radius 2 is 0.673 bits per heavy atom. The molecule has 0 radical (unpaired) electrons. The molecule has 1 aliphatic carbocycles. The lowest BCUT2D eigenvalue weighted by Crippen LogP contribution is -2.71. The van der Waals surface area contributed by atoms with Crippen LogP contribution >= 0.6 is 0 Å². The van der Waals surface area contributed by atoms with Gasteiger partial charge in [-0.1, -0.05) is 167 Å². The molecule has 260 valence electrons. The van der Waals surface area contributed by atoms with Gasteiger partial charge in [-0.2, -0.15) is 0 Å². The van der Waals surface area contributed by atoms with E-state index in [1.807, 2.05) is 0 Å². The van der Waals surface area contributed by atoms with Crippen LogP contribution in [0.1, 0.15) is 61.1 Å². The van der Waals surface area contributed by atoms with Gasteiger partial charge in [-0.15, -0.1) is 0 Å². The summed E-state index contributed by atoms with van der Waals surface area (Å²) < 4.78 is 0. The van der Waals surface area contributed by atoms with Crippen molar-refractivity contribution in [3.63, 3.8) is 0 Å². The van der Waals surface area contributed by atoms with Crippen molar-refractivity contribution in [3.8, 4) is 33.4 Å². The normalized spacial score (nSPS) is 14.8. The highest BCUT2D eigenvalue weighted by atomic mass is 28.3. The van der Waals surface area contributed by atoms with E-state index in [0.717, 1.165) is 0 Å². The fraction of sp³-hybridized carbons (Fsp3) is 0.216. The summed E-state index contributed by atoms with van der Waals surface area (Å²) in [5.41, 5.74) is 20.3. The predicted molar refractivity (Wildman–Crippen MR) is 229 cm³/mol. The molecule has 0 aromatic heterocycles. The Morgan fingerprint density at radius 1 is 0.365 bits per heavy atom. The Labute approximate surface area is 313 Å². The minimum Gasteiger partial charge on any atom is -0.0636 e. The molecule has 6 aromatic rings. The highest BCUT2D eigenvalue weighted by Gasteiger charge is 2.50. The van der Waals surface area contributed by atoms with Crippen molar-refractivity contribution >= 4 is 23.6 Å². The minimum atomic E-state index is -3.06. The molecule has 1 aliphatic rings. The molecule has 6 aromatic carbocycles. The van der Waals surface area contributed by atoms with Crippen LogP contribution in [0.15, 0.2) is 149 Å². The zero-order valence-corrected chi connectivity index (χ0v) is 33.7. The number of hydrogen-bond donors (Lipinski definition) is 0. The summed E-state index contributed by atoms with van der Waals surface area (Å²) in [6.45, 7) is 23.6. The quantitative estimate of drug-likeness (QED) is 0.115. The summed E-state index contributed by atoms with van der Waals surface area (Å²) in [6.07, 6.45) is 0. The van der Waals surface area contributed by atoms with E-state index in [4.69, 9.17) is 0 Å². The molecular weight excluding hydrogens is 641 g/mol. The molecule has 0 nitrogen and oxygen atoms in total. The Bertz CT molecular complexity index is 2140. The van der Waals surface area contributed by atoms with Gasteiger partial charge in [0.2, 0.25) is 0 Å². The summed E-state index contributed by atoms with van der Waals surface area (Å²) in [6, 6.07) is 48.4. The fourth-order valence-electron chi connectivity index (χ4n) is 9.40. The van der Waals surface area contributed by atoms with E-state index in [0.29, 0.717) is 5.92 Å². The van der Waals surface area contributed by atoms with Crippen LogP contribution in [0.5, 0.6) is 0 Å². The first kappa shape index (κ1) is 35.4. The molecule has 0 saturated carbocycles. The minimum absolute atomic E-state index is 0.314. The van der Waals surface area contributed by atoms with Gasteiger partial charge in [0.1, 0.15) is 0 Å². The molecule has 1 heteroatoms. The zero-order chi connectivity index (χ0) is 36.9. The molecule has 0 fully saturated rings. The number of benzene rings is 6. The van der Waals surface area contributed by atoms with Crippen LogP contribution in [-0.4, -0.2) is 8.07 Å². The lowest BCUT2D eigenvalue weighted by atomic mass is 9.98. The molecule has 1 unspecified atom stereocenters. The maximum Gasteiger partial charge on any atom is 0.177 e. The summed E-state index contributed by atoms with van der Waals surface area (Å²) in [7, 11) is -3.06. The summed E-state index contributed by atoms with van der Waals surface area (Å²) in [5.74, 6) is 0.314. The Kier molecular flexibility index (Phi) is 9.44. The van der Waals surface area contributed by atoms with Gasteiger partial charge in [0, 0.05) is 0 Å². The average molecular weight is 693 g/mol. The van der Waals surface area contributed by atoms with Gasteiger partial charge in [-0.05, 0) is 139 Å². The SMILES string of the molecule is CC1=C(C)C(C)C([Si](c2cc(-c3ccccc3)c(C)cc2C)(c2cc(-c3ccccc3)c(C)cc2C)c2cc(-c3ccccc3)c(C)cc2C)=C1C. The van der Waals surface area contributed by atoms with Gasteiger partial charge in [0.25, 0.3) is 0 Å². The average Bonchev–Trinajstić information content (AvgIpc) is 3.33. The highest BCUT2D eigenvalue weighted by Crippen LogP contribution is 2.43. The summed E-state index contributed by atoms with van der Waals surface area (Å²) in [5, 5.41) is 6.12. The van der Waals surface area contributed by atoms with Crippen molar-refractivity contribution in [3.05, 3.63) is 183 Å². The van der Waals surface area contributed by atoms with Crippen LogP contribution in [0.4, 0.5) is 0 Å². The van der Waals surface area contributed by atoms with Gasteiger partial charge in [-0.3, -0.25) is 0 Å². The third-order valence-corrected chi connectivity index (χ3v) is 17.9. The first-order valence-electron chi connectivity index (χ1n) is 18.9. The van der Waals surface area contributed by atoms with Crippen molar-refractivity contribution in [2.45, 2.75) is 69.2 Å². The van der Waals surface area contributed by atoms with Crippen LogP contribution < -0.4 is 15.6 Å². The molecule has 0 aliphatic heterocycles. The van der Waals surface area contributed by atoms with E-state index in [9.17, 15) is 0 Å². The zero-order valence-electron chi connectivity index (χ0n) is 32.7. The number of hydrogen-bond acceptors (Lipinski definition) is 0. The lowest BCUT2D eigenvalue weighted by molar-refractivity contribution is 0.851. The van der Waals surface area contributed by atoms with E-state index in [1.54, 1.807) is 5.20 Å². The molecule has 0 spiro atoms. The van der Waals surface area contributed by atoms with Crippen LogP contribution in [0, 0.1) is 47.5 Å². The van der Waals surface area contributed by atoms with Crippen LogP contribution in [0.25, 0.3) is 33.4 Å². The molecule has 7 rings (SSSR count). The maximum atomic E-state index is 2.62. The van der Waals surface area contributed by atoms with Crippen molar-refractivity contribution < 1.29 is 0 Å². The van der Waals surface area contributed by atoms with Crippen molar-refractivity contribution in [2.24, 2.45) is 5.92 Å². The van der Waals surface area contributed by atoms with Crippen LogP contribution in [-0.2, 0) is 0 Å². The maximum absolute atomic E-state index is 3.06. The monoisotopic (exact) mass is 692 g/mol. The van der Waals surface area contributed by atoms with E-state index < -0.39 is 8.07 Å². The number of rotatable bonds is 7. The van der Waals surface area contributed by atoms with E-state index in [-0.39, 0.29) is 0 Å². The molecule has 1 atom stereocenters. The molecule has 0 saturated heterocycles. The third-order valence-electron chi connectivity index (χ3n) is 12.2. The van der Waals surface area contributed by atoms with Gasteiger partial charge < -0.3 is 0 Å². The van der Waals surface area contributed by atoms with Gasteiger partial charge >= 0.3 is 0 Å². The second-order valence-electron chi connectivity index (χ2n) is 15.4. The van der Waals surface area contributed by atoms with Crippen LogP contribution in [0.2, 0.25) is 0 Å². The Morgan fingerprint density at radius 3 is 0.942 bits per heavy atom. The first-order valence-corrected chi connectivity index (χ1v) is 20.9. The van der Waals surface area contributed by atoms with Gasteiger partial charge in [0.05, 0.1) is 0 Å². The Hall–Kier alpha value is -4.98. The lowest BCUT2D eigenvalue weighted by Gasteiger charge is -2.42. The van der Waals surface area contributed by atoms with E-state index in [2.05, 4.69) is 197 Å². The molecule has 0 heterocycles. The van der Waals surface area contributed by atoms with Crippen molar-refractivity contribution in [1.82, 2.24) is 0 Å².